The Hall–Kier alpha value is 0.0400. The molecule has 12 heavy (non-hydrogen) atoms. The Morgan fingerprint density at radius 1 is 1.67 bits per heavy atom. The summed E-state index contributed by atoms with van der Waals surface area (Å²) in [6.45, 7) is 0. The van der Waals surface area contributed by atoms with Crippen LogP contribution in [0, 0.1) is 0 Å². The molecule has 0 spiro atoms. The molecular weight excluding hydrogens is 236 g/mol. The van der Waals surface area contributed by atoms with Gasteiger partial charge in [0, 0.05) is 11.9 Å². The molecule has 1 saturated carbocycles. The summed E-state index contributed by atoms with van der Waals surface area (Å²) in [6, 6.07) is 0. The van der Waals surface area contributed by atoms with Gasteiger partial charge in [-0.2, -0.15) is 17.7 Å². The molecule has 1 aliphatic rings. The van der Waals surface area contributed by atoms with Gasteiger partial charge in [-0.25, -0.2) is 0 Å². The van der Waals surface area contributed by atoms with E-state index >= 15 is 0 Å². The van der Waals surface area contributed by atoms with Crippen LogP contribution in [0.1, 0.15) is 19.3 Å². The number of nitrogens with zero attached hydrogens (tertiary/aromatic N) is 2. The van der Waals surface area contributed by atoms with E-state index in [4.69, 9.17) is 0 Å². The van der Waals surface area contributed by atoms with Crippen molar-refractivity contribution in [1.29, 1.82) is 0 Å². The molecule has 0 saturated heterocycles. The highest BCUT2D eigenvalue weighted by Crippen LogP contribution is 2.39. The van der Waals surface area contributed by atoms with Crippen molar-refractivity contribution in [2.24, 2.45) is 0 Å². The van der Waals surface area contributed by atoms with Crippen molar-refractivity contribution in [3.05, 3.63) is 16.9 Å². The van der Waals surface area contributed by atoms with Crippen LogP contribution in [0.4, 0.5) is 0 Å². The number of halogens is 1. The van der Waals surface area contributed by atoms with E-state index in [2.05, 4.69) is 33.7 Å². The van der Waals surface area contributed by atoms with Gasteiger partial charge in [-0.15, -0.1) is 0 Å². The maximum absolute atomic E-state index is 4.38. The van der Waals surface area contributed by atoms with Crippen molar-refractivity contribution in [2.75, 3.05) is 5.75 Å². The van der Waals surface area contributed by atoms with Gasteiger partial charge in [0.05, 0.1) is 16.2 Å². The average molecular weight is 247 g/mol. The summed E-state index contributed by atoms with van der Waals surface area (Å²) in [5, 5.41) is 4.30. The number of rotatable bonds is 2. The highest BCUT2D eigenvalue weighted by Gasteiger charge is 2.38. The molecule has 4 heteroatoms. The number of hydrogen-bond acceptors (Lipinski definition) is 2. The smallest absolute Gasteiger partial charge is 0.0715 e. The molecule has 1 heterocycles. The van der Waals surface area contributed by atoms with Crippen molar-refractivity contribution in [2.45, 2.75) is 24.8 Å². The zero-order valence-corrected chi connectivity index (χ0v) is 9.18. The molecule has 1 aromatic heterocycles. The van der Waals surface area contributed by atoms with E-state index in [1.54, 1.807) is 0 Å². The maximum atomic E-state index is 4.38. The Morgan fingerprint density at radius 3 is 2.75 bits per heavy atom. The van der Waals surface area contributed by atoms with Crippen molar-refractivity contribution in [1.82, 2.24) is 9.78 Å². The van der Waals surface area contributed by atoms with Gasteiger partial charge in [0.1, 0.15) is 0 Å². The first-order valence-corrected chi connectivity index (χ1v) is 5.51. The molecule has 1 aromatic rings. The Morgan fingerprint density at radius 2 is 2.42 bits per heavy atom. The van der Waals surface area contributed by atoms with E-state index in [1.165, 1.54) is 19.3 Å². The fourth-order valence-corrected chi connectivity index (χ4v) is 2.35. The minimum absolute atomic E-state index is 0.217. The zero-order chi connectivity index (χ0) is 8.60. The Labute approximate surface area is 85.9 Å². The van der Waals surface area contributed by atoms with Crippen LogP contribution in [0.25, 0.3) is 0 Å². The van der Waals surface area contributed by atoms with Crippen LogP contribution in [0.5, 0.6) is 0 Å². The predicted molar refractivity (Wildman–Crippen MR) is 55.6 cm³/mol. The van der Waals surface area contributed by atoms with E-state index < -0.39 is 0 Å². The third kappa shape index (κ3) is 1.21. The van der Waals surface area contributed by atoms with Crippen molar-refractivity contribution in [3.8, 4) is 0 Å². The molecule has 0 unspecified atom stereocenters. The van der Waals surface area contributed by atoms with Crippen LogP contribution >= 0.6 is 28.6 Å². The first-order valence-electron chi connectivity index (χ1n) is 4.08. The van der Waals surface area contributed by atoms with Gasteiger partial charge in [-0.05, 0) is 35.2 Å². The molecule has 0 atom stereocenters. The summed E-state index contributed by atoms with van der Waals surface area (Å²) >= 11 is 7.78. The lowest BCUT2D eigenvalue weighted by Gasteiger charge is -2.40. The van der Waals surface area contributed by atoms with Crippen LogP contribution < -0.4 is 0 Å². The highest BCUT2D eigenvalue weighted by molar-refractivity contribution is 9.10. The van der Waals surface area contributed by atoms with Gasteiger partial charge in [0.15, 0.2) is 0 Å². The molecule has 0 aliphatic heterocycles. The first-order chi connectivity index (χ1) is 5.77. The average Bonchev–Trinajstić information content (AvgIpc) is 2.35. The lowest BCUT2D eigenvalue weighted by atomic mass is 9.78. The predicted octanol–water partition coefficient (Wildman–Crippen LogP) is 2.45. The second kappa shape index (κ2) is 3.07. The van der Waals surface area contributed by atoms with Crippen LogP contribution in [-0.4, -0.2) is 15.5 Å². The van der Waals surface area contributed by atoms with Crippen LogP contribution in [0.2, 0.25) is 0 Å². The fraction of sp³-hybridized carbons (Fsp3) is 0.625. The minimum Gasteiger partial charge on any atom is -0.265 e. The molecule has 0 amide bonds. The number of hydrogen-bond donors (Lipinski definition) is 1. The third-order valence-electron chi connectivity index (χ3n) is 2.62. The van der Waals surface area contributed by atoms with E-state index in [0.717, 1.165) is 10.2 Å². The first kappa shape index (κ1) is 8.63. The molecule has 2 nitrogen and oxygen atoms in total. The van der Waals surface area contributed by atoms with Gasteiger partial charge < -0.3 is 0 Å². The molecule has 1 aliphatic carbocycles. The molecular formula is C8H11BrN2S. The van der Waals surface area contributed by atoms with E-state index in [1.807, 2.05) is 17.1 Å². The summed E-state index contributed by atoms with van der Waals surface area (Å²) in [5.74, 6) is 0.890. The number of aromatic nitrogens is 2. The Balaban J connectivity index is 2.27. The van der Waals surface area contributed by atoms with E-state index in [9.17, 15) is 0 Å². The van der Waals surface area contributed by atoms with Gasteiger partial charge >= 0.3 is 0 Å². The van der Waals surface area contributed by atoms with Gasteiger partial charge in [-0.3, -0.25) is 4.68 Å². The van der Waals surface area contributed by atoms with E-state index in [-0.39, 0.29) is 5.54 Å². The van der Waals surface area contributed by atoms with Gasteiger partial charge in [-0.1, -0.05) is 0 Å². The Bertz CT molecular complexity index is 275. The zero-order valence-electron chi connectivity index (χ0n) is 6.70. The molecule has 1 fully saturated rings. The van der Waals surface area contributed by atoms with E-state index in [0.29, 0.717) is 0 Å². The lowest BCUT2D eigenvalue weighted by Crippen LogP contribution is -2.42. The SMILES string of the molecule is SCC1(n2cc(Br)cn2)CCC1. The quantitative estimate of drug-likeness (QED) is 0.795. The molecule has 0 radical (unpaired) electrons. The molecule has 2 rings (SSSR count). The maximum Gasteiger partial charge on any atom is 0.0715 e. The topological polar surface area (TPSA) is 17.8 Å². The minimum atomic E-state index is 0.217. The lowest BCUT2D eigenvalue weighted by molar-refractivity contribution is 0.156. The summed E-state index contributed by atoms with van der Waals surface area (Å²) < 4.78 is 3.10. The third-order valence-corrected chi connectivity index (χ3v) is 3.61. The second-order valence-corrected chi connectivity index (χ2v) is 4.57. The molecule has 0 aromatic carbocycles. The van der Waals surface area contributed by atoms with Crippen molar-refractivity contribution < 1.29 is 0 Å². The summed E-state index contributed by atoms with van der Waals surface area (Å²) in [4.78, 5) is 0. The highest BCUT2D eigenvalue weighted by atomic mass is 79.9. The summed E-state index contributed by atoms with van der Waals surface area (Å²) in [7, 11) is 0. The van der Waals surface area contributed by atoms with Crippen LogP contribution in [-0.2, 0) is 5.54 Å². The largest absolute Gasteiger partial charge is 0.265 e. The molecule has 0 N–H and O–H groups in total. The summed E-state index contributed by atoms with van der Waals surface area (Å²) in [6.07, 6.45) is 7.60. The summed E-state index contributed by atoms with van der Waals surface area (Å²) in [5.41, 5.74) is 0.217. The van der Waals surface area contributed by atoms with Crippen LogP contribution in [0.15, 0.2) is 16.9 Å². The standard InChI is InChI=1S/C8H11BrN2S/c9-7-4-10-11(5-7)8(6-12)2-1-3-8/h4-5,12H,1-3,6H2. The number of thiol groups is 1. The molecule has 66 valence electrons. The van der Waals surface area contributed by atoms with Crippen molar-refractivity contribution >= 4 is 28.6 Å². The normalized spacial score (nSPS) is 20.5. The monoisotopic (exact) mass is 246 g/mol. The van der Waals surface area contributed by atoms with Crippen LogP contribution in [0.3, 0.4) is 0 Å². The fourth-order valence-electron chi connectivity index (χ4n) is 1.60. The van der Waals surface area contributed by atoms with Gasteiger partial charge in [0.2, 0.25) is 0 Å². The van der Waals surface area contributed by atoms with Gasteiger partial charge in [0.25, 0.3) is 0 Å². The molecule has 0 bridgehead atoms. The second-order valence-electron chi connectivity index (χ2n) is 3.34. The Kier molecular flexibility index (Phi) is 2.21. The van der Waals surface area contributed by atoms with Crippen molar-refractivity contribution in [3.63, 3.8) is 0 Å².